The van der Waals surface area contributed by atoms with Crippen LogP contribution in [-0.4, -0.2) is 17.4 Å². The minimum absolute atomic E-state index is 0.0155. The van der Waals surface area contributed by atoms with E-state index in [0.717, 1.165) is 29.2 Å². The average molecular weight is 358 g/mol. The molecule has 0 heterocycles. The van der Waals surface area contributed by atoms with Gasteiger partial charge in [-0.05, 0) is 24.3 Å². The van der Waals surface area contributed by atoms with E-state index in [-0.39, 0.29) is 34.1 Å². The minimum atomic E-state index is -0.741. The zero-order valence-corrected chi connectivity index (χ0v) is 13.3. The van der Waals surface area contributed by atoms with Crippen molar-refractivity contribution in [3.8, 4) is 18.4 Å². The van der Waals surface area contributed by atoms with Crippen molar-refractivity contribution in [3.05, 3.63) is 68.5 Å². The number of amides is 1. The highest BCUT2D eigenvalue weighted by atomic mass is 35.5. The Morgan fingerprint density at radius 2 is 2.08 bits per heavy atom. The molecule has 2 aromatic carbocycles. The summed E-state index contributed by atoms with van der Waals surface area (Å²) < 4.78 is 13.3. The second-order valence-electron chi connectivity index (χ2n) is 4.79. The summed E-state index contributed by atoms with van der Waals surface area (Å²) in [5, 5.41) is 20.1. The largest absolute Gasteiger partial charge is 0.295 e. The monoisotopic (exact) mass is 357 g/mol. The van der Waals surface area contributed by atoms with Crippen molar-refractivity contribution in [3.63, 3.8) is 0 Å². The molecular formula is C17H9ClFN3O3. The van der Waals surface area contributed by atoms with Gasteiger partial charge < -0.3 is 0 Å². The highest BCUT2D eigenvalue weighted by Gasteiger charge is 2.24. The Hall–Kier alpha value is -3.42. The topological polar surface area (TPSA) is 87.2 Å². The molecule has 0 saturated heterocycles. The van der Waals surface area contributed by atoms with E-state index in [2.05, 4.69) is 5.92 Å². The zero-order chi connectivity index (χ0) is 18.6. The third kappa shape index (κ3) is 3.74. The molecule has 0 fully saturated rings. The van der Waals surface area contributed by atoms with E-state index in [0.29, 0.717) is 0 Å². The number of rotatable bonds is 4. The van der Waals surface area contributed by atoms with Gasteiger partial charge >= 0.3 is 0 Å². The Labute approximate surface area is 147 Å². The van der Waals surface area contributed by atoms with Crippen LogP contribution >= 0.6 is 11.6 Å². The van der Waals surface area contributed by atoms with E-state index in [1.807, 2.05) is 0 Å². The molecule has 2 rings (SSSR count). The van der Waals surface area contributed by atoms with E-state index in [9.17, 15) is 19.3 Å². The number of hydrogen-bond donors (Lipinski definition) is 0. The number of nitrogens with zero attached hydrogens (tertiary/aromatic N) is 3. The van der Waals surface area contributed by atoms with E-state index in [1.165, 1.54) is 12.1 Å². The molecule has 0 radical (unpaired) electrons. The lowest BCUT2D eigenvalue weighted by atomic mass is 10.1. The summed E-state index contributed by atoms with van der Waals surface area (Å²) in [6, 6.07) is 8.44. The molecule has 0 aliphatic rings. The lowest BCUT2D eigenvalue weighted by molar-refractivity contribution is -0.384. The Kier molecular flexibility index (Phi) is 5.33. The standard InChI is InChI=1S/C17H9ClFN3O3/c1-2-7-21(16-6-3-12(19)8-11(16)10-20)17(23)14-9-13(22(24)25)4-5-15(14)18/h1,3-6,8-9H,7H2. The van der Waals surface area contributed by atoms with E-state index in [1.54, 1.807) is 6.07 Å². The molecular weight excluding hydrogens is 349 g/mol. The summed E-state index contributed by atoms with van der Waals surface area (Å²) in [7, 11) is 0. The van der Waals surface area contributed by atoms with Crippen molar-refractivity contribution >= 4 is 28.9 Å². The second-order valence-corrected chi connectivity index (χ2v) is 5.20. The van der Waals surface area contributed by atoms with Gasteiger partial charge in [0, 0.05) is 12.1 Å². The van der Waals surface area contributed by atoms with Gasteiger partial charge in [-0.3, -0.25) is 19.8 Å². The molecule has 0 unspecified atom stereocenters. The van der Waals surface area contributed by atoms with Crippen LogP contribution in [0.1, 0.15) is 15.9 Å². The second kappa shape index (κ2) is 7.43. The van der Waals surface area contributed by atoms with Crippen LogP contribution < -0.4 is 4.90 Å². The molecule has 0 aromatic heterocycles. The molecule has 124 valence electrons. The third-order valence-corrected chi connectivity index (χ3v) is 3.59. The molecule has 1 amide bonds. The number of nitro groups is 1. The first kappa shape index (κ1) is 17.9. The van der Waals surface area contributed by atoms with Crippen molar-refractivity contribution in [1.29, 1.82) is 5.26 Å². The number of terminal acetylenes is 1. The van der Waals surface area contributed by atoms with Gasteiger partial charge in [0.05, 0.1) is 33.3 Å². The van der Waals surface area contributed by atoms with Crippen molar-refractivity contribution < 1.29 is 14.1 Å². The fraction of sp³-hybridized carbons (Fsp3) is 0.0588. The van der Waals surface area contributed by atoms with Gasteiger partial charge in [-0.2, -0.15) is 5.26 Å². The number of anilines is 1. The maximum atomic E-state index is 13.3. The molecule has 0 atom stereocenters. The van der Waals surface area contributed by atoms with Gasteiger partial charge in [0.2, 0.25) is 0 Å². The van der Waals surface area contributed by atoms with Crippen molar-refractivity contribution in [2.45, 2.75) is 0 Å². The third-order valence-electron chi connectivity index (χ3n) is 3.26. The minimum Gasteiger partial charge on any atom is -0.295 e. The number of non-ortho nitro benzene ring substituents is 1. The highest BCUT2D eigenvalue weighted by Crippen LogP contribution is 2.27. The maximum absolute atomic E-state index is 13.3. The van der Waals surface area contributed by atoms with Gasteiger partial charge in [0.25, 0.3) is 11.6 Å². The van der Waals surface area contributed by atoms with Crippen LogP contribution in [0, 0.1) is 39.6 Å². The van der Waals surface area contributed by atoms with Crippen LogP contribution in [0.2, 0.25) is 5.02 Å². The Morgan fingerprint density at radius 3 is 2.68 bits per heavy atom. The van der Waals surface area contributed by atoms with Crippen molar-refractivity contribution in [1.82, 2.24) is 0 Å². The number of carbonyl (C=O) groups is 1. The molecule has 6 nitrogen and oxygen atoms in total. The number of halogens is 2. The number of carbonyl (C=O) groups excluding carboxylic acids is 1. The average Bonchev–Trinajstić information content (AvgIpc) is 2.59. The summed E-state index contributed by atoms with van der Waals surface area (Å²) in [4.78, 5) is 24.1. The Bertz CT molecular complexity index is 947. The first-order valence-corrected chi connectivity index (χ1v) is 7.15. The van der Waals surface area contributed by atoms with Crippen molar-refractivity contribution in [2.75, 3.05) is 11.4 Å². The van der Waals surface area contributed by atoms with Crippen LogP contribution in [0.25, 0.3) is 0 Å². The normalized spacial score (nSPS) is 9.76. The smallest absolute Gasteiger partial charge is 0.270 e. The Morgan fingerprint density at radius 1 is 1.36 bits per heavy atom. The summed E-state index contributed by atoms with van der Waals surface area (Å²) in [5.74, 6) is 0.873. The van der Waals surface area contributed by atoms with Gasteiger partial charge in [0.1, 0.15) is 11.9 Å². The van der Waals surface area contributed by atoms with Crippen LogP contribution in [0.5, 0.6) is 0 Å². The Balaban J connectivity index is 2.58. The predicted molar refractivity (Wildman–Crippen MR) is 89.7 cm³/mol. The number of nitro benzene ring substituents is 1. The first-order chi connectivity index (χ1) is 11.9. The van der Waals surface area contributed by atoms with Gasteiger partial charge in [-0.1, -0.05) is 17.5 Å². The first-order valence-electron chi connectivity index (χ1n) is 6.78. The quantitative estimate of drug-likeness (QED) is 0.475. The fourth-order valence-corrected chi connectivity index (χ4v) is 2.33. The predicted octanol–water partition coefficient (Wildman–Crippen LogP) is 3.54. The van der Waals surface area contributed by atoms with Crippen LogP contribution in [0.3, 0.4) is 0 Å². The molecule has 25 heavy (non-hydrogen) atoms. The van der Waals surface area contributed by atoms with Crippen LogP contribution in [0.15, 0.2) is 36.4 Å². The number of nitriles is 1. The molecule has 8 heteroatoms. The summed E-state index contributed by atoms with van der Waals surface area (Å²) in [5.41, 5.74) is -0.507. The highest BCUT2D eigenvalue weighted by molar-refractivity contribution is 6.34. The number of hydrogen-bond acceptors (Lipinski definition) is 4. The van der Waals surface area contributed by atoms with E-state index >= 15 is 0 Å². The van der Waals surface area contributed by atoms with Crippen LogP contribution in [0.4, 0.5) is 15.8 Å². The molecule has 0 bridgehead atoms. The SMILES string of the molecule is C#CCN(C(=O)c1cc([N+](=O)[O-])ccc1Cl)c1ccc(F)cc1C#N. The molecule has 0 N–H and O–H groups in total. The van der Waals surface area contributed by atoms with E-state index < -0.39 is 16.6 Å². The summed E-state index contributed by atoms with van der Waals surface area (Å²) >= 11 is 5.98. The van der Waals surface area contributed by atoms with Gasteiger partial charge in [0.15, 0.2) is 0 Å². The molecule has 0 aliphatic heterocycles. The van der Waals surface area contributed by atoms with Crippen LogP contribution in [-0.2, 0) is 0 Å². The molecule has 0 saturated carbocycles. The molecule has 2 aromatic rings. The van der Waals surface area contributed by atoms with Crippen molar-refractivity contribution in [2.24, 2.45) is 0 Å². The maximum Gasteiger partial charge on any atom is 0.270 e. The number of benzene rings is 2. The van der Waals surface area contributed by atoms with E-state index in [4.69, 9.17) is 23.3 Å². The zero-order valence-electron chi connectivity index (χ0n) is 12.6. The van der Waals surface area contributed by atoms with Gasteiger partial charge in [-0.25, -0.2) is 4.39 Å². The lowest BCUT2D eigenvalue weighted by Gasteiger charge is -2.22. The summed E-state index contributed by atoms with van der Waals surface area (Å²) in [6.07, 6.45) is 5.28. The lowest BCUT2D eigenvalue weighted by Crippen LogP contribution is -2.32. The van der Waals surface area contributed by atoms with Gasteiger partial charge in [-0.15, -0.1) is 6.42 Å². The molecule has 0 spiro atoms. The summed E-state index contributed by atoms with van der Waals surface area (Å²) in [6.45, 7) is -0.238. The fourth-order valence-electron chi connectivity index (χ4n) is 2.13. The molecule has 0 aliphatic carbocycles.